The number of aromatic nitrogens is 1. The summed E-state index contributed by atoms with van der Waals surface area (Å²) >= 11 is 7.16. The van der Waals surface area contributed by atoms with Gasteiger partial charge in [-0.1, -0.05) is 35.1 Å². The molecule has 0 spiro atoms. The number of carbonyl (C=O) groups excluding carboxylic acids is 1. The number of nitriles is 1. The molecule has 3 rings (SSSR count). The highest BCUT2D eigenvalue weighted by atomic mass is 35.5. The van der Waals surface area contributed by atoms with Crippen LogP contribution >= 0.6 is 22.9 Å². The van der Waals surface area contributed by atoms with Crippen molar-refractivity contribution in [2.24, 2.45) is 0 Å². The number of rotatable bonds is 4. The molecule has 1 amide bonds. The van der Waals surface area contributed by atoms with Crippen molar-refractivity contribution in [3.8, 4) is 6.07 Å². The first-order chi connectivity index (χ1) is 12.0. The lowest BCUT2D eigenvalue weighted by atomic mass is 10.1. The topological polar surface area (TPSA) is 119 Å². The Morgan fingerprint density at radius 2 is 2.16 bits per heavy atom. The van der Waals surface area contributed by atoms with Gasteiger partial charge < -0.3 is 11.1 Å². The Labute approximate surface area is 153 Å². The van der Waals surface area contributed by atoms with Crippen molar-refractivity contribution in [3.63, 3.8) is 0 Å². The van der Waals surface area contributed by atoms with Crippen molar-refractivity contribution >= 4 is 50.6 Å². The lowest BCUT2D eigenvalue weighted by molar-refractivity contribution is -0.323. The van der Waals surface area contributed by atoms with Gasteiger partial charge in [-0.05, 0) is 30.2 Å². The van der Waals surface area contributed by atoms with Gasteiger partial charge in [0, 0.05) is 11.6 Å². The second-order valence-corrected chi connectivity index (χ2v) is 6.89. The maximum absolute atomic E-state index is 12.4. The number of nitrogens with zero attached hydrogens (tertiary/aromatic N) is 1. The fraction of sp³-hybridized carbons (Fsp3) is 0.118. The molecule has 0 radical (unpaired) electrons. The predicted molar refractivity (Wildman–Crippen MR) is 99.4 cm³/mol. The van der Waals surface area contributed by atoms with E-state index in [1.807, 2.05) is 24.3 Å². The highest BCUT2D eigenvalue weighted by Crippen LogP contribution is 2.32. The number of anilines is 2. The Hall–Kier alpha value is -2.82. The van der Waals surface area contributed by atoms with Crippen LogP contribution in [0, 0.1) is 11.3 Å². The first kappa shape index (κ1) is 17.0. The molecule has 3 aromatic rings. The van der Waals surface area contributed by atoms with Gasteiger partial charge in [-0.2, -0.15) is 5.26 Å². The third kappa shape index (κ3) is 3.50. The normalized spacial score (nSPS) is 10.6. The van der Waals surface area contributed by atoms with Crippen LogP contribution in [-0.4, -0.2) is 12.5 Å². The Bertz CT molecular complexity index is 1010. The summed E-state index contributed by atoms with van der Waals surface area (Å²) in [4.78, 5) is 16.4. The number of nitrogens with two attached hydrogens (primary N) is 2. The molecule has 0 aliphatic rings. The molecule has 0 aliphatic carbocycles. The fourth-order valence-electron chi connectivity index (χ4n) is 2.46. The van der Waals surface area contributed by atoms with Crippen molar-refractivity contribution in [2.45, 2.75) is 6.42 Å². The zero-order valence-corrected chi connectivity index (χ0v) is 14.7. The summed E-state index contributed by atoms with van der Waals surface area (Å²) in [5.74, 6) is -0.00429. The van der Waals surface area contributed by atoms with E-state index < -0.39 is 0 Å². The fourth-order valence-corrected chi connectivity index (χ4v) is 3.70. The highest BCUT2D eigenvalue weighted by molar-refractivity contribution is 7.20. The third-order valence-electron chi connectivity index (χ3n) is 3.73. The molecule has 126 valence electrons. The minimum atomic E-state index is -0.258. The van der Waals surface area contributed by atoms with Gasteiger partial charge in [0.15, 0.2) is 4.83 Å². The Morgan fingerprint density at radius 1 is 1.36 bits per heavy atom. The highest BCUT2D eigenvalue weighted by Gasteiger charge is 2.20. The van der Waals surface area contributed by atoms with Crippen LogP contribution < -0.4 is 21.8 Å². The van der Waals surface area contributed by atoms with Gasteiger partial charge in [-0.15, -0.1) is 0 Å². The molecular weight excluding hydrogens is 358 g/mol. The average molecular weight is 373 g/mol. The zero-order chi connectivity index (χ0) is 18.0. The first-order valence-corrected chi connectivity index (χ1v) is 8.65. The number of hydrogen-bond donors (Lipinski definition) is 3. The lowest BCUT2D eigenvalue weighted by Gasteiger charge is -2.05. The SMILES string of the molecule is N#Cc1cc2c(N)c(C(=O)NCCc3cccc(Cl)c3)sc2[nH+]c1N. The molecule has 0 fully saturated rings. The number of nitrogens with one attached hydrogen (secondary N) is 2. The van der Waals surface area contributed by atoms with Gasteiger partial charge >= 0.3 is 0 Å². The molecule has 6 N–H and O–H groups in total. The number of aromatic amines is 1. The zero-order valence-electron chi connectivity index (χ0n) is 13.1. The number of fused-ring (bicyclic) bond motifs is 1. The second kappa shape index (κ2) is 6.97. The van der Waals surface area contributed by atoms with Gasteiger partial charge in [0.2, 0.25) is 0 Å². The summed E-state index contributed by atoms with van der Waals surface area (Å²) in [5.41, 5.74) is 13.5. The minimum absolute atomic E-state index is 0.254. The summed E-state index contributed by atoms with van der Waals surface area (Å²) in [5, 5.41) is 13.2. The van der Waals surface area contributed by atoms with Crippen molar-refractivity contribution in [2.75, 3.05) is 18.0 Å². The van der Waals surface area contributed by atoms with E-state index in [-0.39, 0.29) is 11.7 Å². The number of halogens is 1. The molecule has 0 saturated heterocycles. The maximum Gasteiger partial charge on any atom is 0.289 e. The van der Waals surface area contributed by atoms with Crippen LogP contribution in [0.15, 0.2) is 30.3 Å². The summed E-state index contributed by atoms with van der Waals surface area (Å²) in [6.07, 6.45) is 0.661. The van der Waals surface area contributed by atoms with Crippen LogP contribution in [-0.2, 0) is 6.42 Å². The molecule has 0 unspecified atom stereocenters. The Balaban J connectivity index is 1.76. The Kier molecular flexibility index (Phi) is 4.74. The lowest BCUT2D eigenvalue weighted by Crippen LogP contribution is -2.25. The summed E-state index contributed by atoms with van der Waals surface area (Å²) in [6, 6.07) is 11.1. The van der Waals surface area contributed by atoms with Gasteiger partial charge in [0.05, 0.1) is 11.1 Å². The molecule has 6 nitrogen and oxygen atoms in total. The van der Waals surface area contributed by atoms with Crippen molar-refractivity contribution in [1.29, 1.82) is 5.26 Å². The molecule has 0 atom stereocenters. The second-order valence-electron chi connectivity index (χ2n) is 5.43. The van der Waals surface area contributed by atoms with Gasteiger partial charge in [0.25, 0.3) is 11.7 Å². The van der Waals surface area contributed by atoms with Crippen LogP contribution in [0.25, 0.3) is 10.2 Å². The number of pyridine rings is 1. The largest absolute Gasteiger partial charge is 0.397 e. The molecule has 0 bridgehead atoms. The van der Waals surface area contributed by atoms with Gasteiger partial charge in [-0.3, -0.25) is 10.5 Å². The molecule has 1 aromatic carbocycles. The quantitative estimate of drug-likeness (QED) is 0.651. The van der Waals surface area contributed by atoms with Crippen molar-refractivity contribution < 1.29 is 9.78 Å². The molecule has 2 heterocycles. The van der Waals surface area contributed by atoms with Gasteiger partial charge in [0.1, 0.15) is 16.5 Å². The van der Waals surface area contributed by atoms with E-state index in [1.54, 1.807) is 12.1 Å². The van der Waals surface area contributed by atoms with E-state index in [0.717, 1.165) is 5.56 Å². The number of hydrogen-bond acceptors (Lipinski definition) is 5. The van der Waals surface area contributed by atoms with Crippen molar-refractivity contribution in [3.05, 3.63) is 51.4 Å². The van der Waals surface area contributed by atoms with Crippen LogP contribution in [0.3, 0.4) is 0 Å². The molecule has 25 heavy (non-hydrogen) atoms. The molecule has 8 heteroatoms. The van der Waals surface area contributed by atoms with E-state index in [2.05, 4.69) is 10.3 Å². The molecule has 2 aromatic heterocycles. The number of nitrogen functional groups attached to an aromatic ring is 2. The third-order valence-corrected chi connectivity index (χ3v) is 5.10. The van der Waals surface area contributed by atoms with E-state index in [1.165, 1.54) is 11.3 Å². The Morgan fingerprint density at radius 3 is 2.88 bits per heavy atom. The predicted octanol–water partition coefficient (Wildman–Crippen LogP) is 2.38. The number of H-pyrrole nitrogens is 1. The van der Waals surface area contributed by atoms with Gasteiger partial charge in [-0.25, -0.2) is 4.98 Å². The molecule has 0 aliphatic heterocycles. The molecular formula is C17H15ClN5OS+. The van der Waals surface area contributed by atoms with E-state index in [0.29, 0.717) is 44.3 Å². The van der Waals surface area contributed by atoms with Crippen LogP contribution in [0.5, 0.6) is 0 Å². The van der Waals surface area contributed by atoms with E-state index in [9.17, 15) is 4.79 Å². The summed E-state index contributed by atoms with van der Waals surface area (Å²) in [6.45, 7) is 0.460. The standard InChI is InChI=1S/C17H14ClN5OS/c18-11-3-1-2-9(6-11)4-5-22-16(24)14-13(20)12-7-10(8-19)15(21)23-17(12)25-14/h1-3,6-7H,4-5,20H2,(H2,21,23)(H,22,24)/p+1. The molecule has 0 saturated carbocycles. The first-order valence-electron chi connectivity index (χ1n) is 7.46. The smallest absolute Gasteiger partial charge is 0.289 e. The number of benzene rings is 1. The van der Waals surface area contributed by atoms with Crippen LogP contribution in [0.1, 0.15) is 20.8 Å². The summed E-state index contributed by atoms with van der Waals surface area (Å²) < 4.78 is 0. The average Bonchev–Trinajstić information content (AvgIpc) is 2.90. The van der Waals surface area contributed by atoms with E-state index >= 15 is 0 Å². The van der Waals surface area contributed by atoms with Crippen molar-refractivity contribution in [1.82, 2.24) is 5.32 Å². The van der Waals surface area contributed by atoms with Crippen LogP contribution in [0.2, 0.25) is 5.02 Å². The number of amides is 1. The monoisotopic (exact) mass is 372 g/mol. The number of carbonyl (C=O) groups is 1. The maximum atomic E-state index is 12.4. The minimum Gasteiger partial charge on any atom is -0.397 e. The van der Waals surface area contributed by atoms with E-state index in [4.69, 9.17) is 28.3 Å². The number of thiophene rings is 1. The summed E-state index contributed by atoms with van der Waals surface area (Å²) in [7, 11) is 0. The van der Waals surface area contributed by atoms with Crippen LogP contribution in [0.4, 0.5) is 11.5 Å².